The van der Waals surface area contributed by atoms with Gasteiger partial charge in [0.25, 0.3) is 17.4 Å². The molecule has 0 saturated carbocycles. The predicted octanol–water partition coefficient (Wildman–Crippen LogP) is -0.390. The highest BCUT2D eigenvalue weighted by Gasteiger charge is 2.47. The van der Waals surface area contributed by atoms with Crippen LogP contribution in [0, 0.1) is 0 Å². The third-order valence-electron chi connectivity index (χ3n) is 8.70. The number of nitrogens with one attached hydrogen (secondary N) is 2. The lowest BCUT2D eigenvalue weighted by atomic mass is 10.1. The van der Waals surface area contributed by atoms with Crippen LogP contribution in [0.4, 0.5) is 11.8 Å². The number of hydrogen-bond acceptors (Lipinski definition) is 14. The molecule has 20 heteroatoms. The summed E-state index contributed by atoms with van der Waals surface area (Å²) in [5.74, 6) is -0.470. The number of imidazole rings is 2. The van der Waals surface area contributed by atoms with Crippen molar-refractivity contribution in [1.82, 2.24) is 43.5 Å². The molecule has 0 aliphatic carbocycles. The third-order valence-corrected chi connectivity index (χ3v) is 8.70. The number of nitrogen functional groups attached to an aromatic ring is 1. The molecular weight excluding hydrogens is 694 g/mol. The van der Waals surface area contributed by atoms with E-state index in [4.69, 9.17) is 19.9 Å². The number of aryl methyl sites for hydroxylation is 2. The van der Waals surface area contributed by atoms with Crippen LogP contribution in [-0.2, 0) is 34.5 Å². The van der Waals surface area contributed by atoms with Crippen LogP contribution < -0.4 is 37.1 Å². The Morgan fingerprint density at radius 1 is 1.02 bits per heavy atom. The second-order valence-electron chi connectivity index (χ2n) is 11.9. The number of carbonyl (C=O) groups is 2. The van der Waals surface area contributed by atoms with E-state index in [-0.39, 0.29) is 35.2 Å². The van der Waals surface area contributed by atoms with Gasteiger partial charge in [0.1, 0.15) is 23.5 Å². The SMILES string of the molecule is CCNC(=O)[C@H]1O[C@@H](n2cnc3c(N)nc(NC(=O)COc4ccc(/C=C/c5nc6c(c(=O)n(CC)c(=O)n6CC)n5C)cc4OC)nc32)[C@H](O)[C@@H]1O. The number of likely N-dealkylation sites (N-methyl/N-ethyl adjacent to an activating group) is 1. The van der Waals surface area contributed by atoms with Gasteiger partial charge in [-0.05, 0) is 44.5 Å². The standard InChI is InChI=1S/C33H39N11O9/c1-6-35-29(48)25-23(46)24(47)31(53-25)44-15-36-21-26(34)39-32(40-27(21)44)38-20(45)14-52-17-11-9-16(13-18(17)51-5)10-12-19-37-28-22(41(19)4)30(49)43(8-3)33(50)42(28)7-2/h9-13,15,23-25,31,46-47H,6-8,14H2,1-5H3,(H,35,48)(H3,34,38,39,40,45)/b12-10+/t23-,24+,25-,31+/m0/s1. The maximum atomic E-state index is 13.0. The summed E-state index contributed by atoms with van der Waals surface area (Å²) in [5, 5.41) is 26.2. The van der Waals surface area contributed by atoms with Gasteiger partial charge in [0.2, 0.25) is 5.95 Å². The predicted molar refractivity (Wildman–Crippen MR) is 191 cm³/mol. The maximum Gasteiger partial charge on any atom is 0.332 e. The molecule has 20 nitrogen and oxygen atoms in total. The molecule has 1 fully saturated rings. The number of rotatable bonds is 12. The molecule has 1 aliphatic rings. The second-order valence-corrected chi connectivity index (χ2v) is 11.9. The molecule has 4 atom stereocenters. The van der Waals surface area contributed by atoms with Crippen molar-refractivity contribution < 1.29 is 34.0 Å². The molecule has 6 N–H and O–H groups in total. The van der Waals surface area contributed by atoms with E-state index in [1.807, 2.05) is 6.92 Å². The quantitative estimate of drug-likeness (QED) is 0.109. The van der Waals surface area contributed by atoms with Crippen molar-refractivity contribution in [1.29, 1.82) is 0 Å². The maximum absolute atomic E-state index is 13.0. The molecule has 1 aliphatic heterocycles. The van der Waals surface area contributed by atoms with Crippen LogP contribution in [0.25, 0.3) is 34.5 Å². The van der Waals surface area contributed by atoms with Gasteiger partial charge in [0, 0.05) is 26.7 Å². The number of methoxy groups -OCH3 is 1. The topological polar surface area (TPSA) is 258 Å². The van der Waals surface area contributed by atoms with Gasteiger partial charge < -0.3 is 40.0 Å². The van der Waals surface area contributed by atoms with Crippen molar-refractivity contribution in [2.45, 2.75) is 58.4 Å². The second kappa shape index (κ2) is 14.9. The number of aliphatic hydroxyl groups is 2. The molecule has 2 amide bonds. The monoisotopic (exact) mass is 733 g/mol. The number of carbonyl (C=O) groups excluding carboxylic acids is 2. The van der Waals surface area contributed by atoms with Crippen molar-refractivity contribution in [3.63, 3.8) is 0 Å². The van der Waals surface area contributed by atoms with Crippen molar-refractivity contribution in [2.75, 3.05) is 31.3 Å². The molecule has 0 spiro atoms. The van der Waals surface area contributed by atoms with Gasteiger partial charge in [-0.2, -0.15) is 9.97 Å². The van der Waals surface area contributed by atoms with Gasteiger partial charge in [-0.1, -0.05) is 12.1 Å². The number of fused-ring (bicyclic) bond motifs is 2. The molecule has 0 radical (unpaired) electrons. The van der Waals surface area contributed by atoms with E-state index in [1.54, 1.807) is 55.8 Å². The first-order valence-electron chi connectivity index (χ1n) is 16.7. The number of aromatic nitrogens is 8. The van der Waals surface area contributed by atoms with E-state index in [9.17, 15) is 29.4 Å². The molecule has 1 saturated heterocycles. The Hall–Kier alpha value is -6.12. The summed E-state index contributed by atoms with van der Waals surface area (Å²) in [5.41, 5.74) is 6.79. The fraction of sp³-hybridized carbons (Fsp3) is 0.394. The minimum atomic E-state index is -1.52. The van der Waals surface area contributed by atoms with Gasteiger partial charge in [-0.15, -0.1) is 0 Å². The first kappa shape index (κ1) is 36.7. The van der Waals surface area contributed by atoms with Gasteiger partial charge in [-0.3, -0.25) is 33.4 Å². The number of ether oxygens (including phenoxy) is 3. The Kier molecular flexibility index (Phi) is 10.3. The summed E-state index contributed by atoms with van der Waals surface area (Å²) in [6.45, 7) is 5.68. The van der Waals surface area contributed by atoms with Crippen LogP contribution in [0.15, 0.2) is 34.1 Å². The van der Waals surface area contributed by atoms with Gasteiger partial charge in [0.05, 0.1) is 13.4 Å². The lowest BCUT2D eigenvalue weighted by molar-refractivity contribution is -0.137. The smallest absolute Gasteiger partial charge is 0.332 e. The Bertz CT molecular complexity index is 2360. The lowest BCUT2D eigenvalue weighted by Gasteiger charge is -2.16. The van der Waals surface area contributed by atoms with Crippen LogP contribution in [0.5, 0.6) is 11.5 Å². The molecule has 1 aromatic carbocycles. The zero-order chi connectivity index (χ0) is 38.1. The summed E-state index contributed by atoms with van der Waals surface area (Å²) >= 11 is 0. The summed E-state index contributed by atoms with van der Waals surface area (Å²) in [7, 11) is 3.15. The highest BCUT2D eigenvalue weighted by atomic mass is 16.6. The minimum Gasteiger partial charge on any atom is -0.493 e. The van der Waals surface area contributed by atoms with E-state index < -0.39 is 54.2 Å². The van der Waals surface area contributed by atoms with E-state index >= 15 is 0 Å². The largest absolute Gasteiger partial charge is 0.493 e. The van der Waals surface area contributed by atoms with E-state index in [0.717, 1.165) is 0 Å². The summed E-state index contributed by atoms with van der Waals surface area (Å²) in [4.78, 5) is 68.2. The van der Waals surface area contributed by atoms with Gasteiger partial charge in [-0.25, -0.2) is 14.8 Å². The third kappa shape index (κ3) is 6.69. The number of nitrogens with zero attached hydrogens (tertiary/aromatic N) is 8. The van der Waals surface area contributed by atoms with Crippen molar-refractivity contribution in [2.24, 2.45) is 7.05 Å². The van der Waals surface area contributed by atoms with Crippen LogP contribution in [0.1, 0.15) is 38.4 Å². The lowest BCUT2D eigenvalue weighted by Crippen LogP contribution is -2.42. The molecule has 6 rings (SSSR count). The number of benzene rings is 1. The summed E-state index contributed by atoms with van der Waals surface area (Å²) < 4.78 is 22.5. The first-order valence-corrected chi connectivity index (χ1v) is 16.7. The molecule has 0 bridgehead atoms. The molecule has 5 aromatic rings. The zero-order valence-electron chi connectivity index (χ0n) is 29.5. The van der Waals surface area contributed by atoms with Crippen LogP contribution >= 0.6 is 0 Å². The Balaban J connectivity index is 1.15. The van der Waals surface area contributed by atoms with Crippen molar-refractivity contribution in [3.8, 4) is 11.5 Å². The number of anilines is 2. The minimum absolute atomic E-state index is 0.0725. The van der Waals surface area contributed by atoms with Crippen molar-refractivity contribution >= 4 is 58.1 Å². The fourth-order valence-electron chi connectivity index (χ4n) is 6.04. The highest BCUT2D eigenvalue weighted by molar-refractivity contribution is 5.92. The summed E-state index contributed by atoms with van der Waals surface area (Å²) in [6.07, 6.45) is -0.871. The average molecular weight is 734 g/mol. The van der Waals surface area contributed by atoms with Gasteiger partial charge in [0.15, 0.2) is 53.1 Å². The van der Waals surface area contributed by atoms with E-state index in [1.165, 1.54) is 27.1 Å². The summed E-state index contributed by atoms with van der Waals surface area (Å²) in [6, 6.07) is 5.03. The van der Waals surface area contributed by atoms with Crippen molar-refractivity contribution in [3.05, 3.63) is 56.8 Å². The van der Waals surface area contributed by atoms with E-state index in [0.29, 0.717) is 41.4 Å². The van der Waals surface area contributed by atoms with Gasteiger partial charge >= 0.3 is 5.69 Å². The molecular formula is C33H39N11O9. The molecule has 5 heterocycles. The normalized spacial score (nSPS) is 18.6. The first-order chi connectivity index (χ1) is 25.4. The highest BCUT2D eigenvalue weighted by Crippen LogP contribution is 2.33. The molecule has 280 valence electrons. The number of amides is 2. The Labute approximate surface area is 300 Å². The fourth-order valence-corrected chi connectivity index (χ4v) is 6.04. The average Bonchev–Trinajstić information content (AvgIpc) is 3.80. The number of hydrogen-bond donors (Lipinski definition) is 5. The Morgan fingerprint density at radius 2 is 1.77 bits per heavy atom. The molecule has 53 heavy (non-hydrogen) atoms. The zero-order valence-corrected chi connectivity index (χ0v) is 29.5. The number of nitrogens with two attached hydrogens (primary N) is 1. The van der Waals surface area contributed by atoms with Crippen LogP contribution in [-0.4, -0.2) is 98.8 Å². The Morgan fingerprint density at radius 3 is 2.47 bits per heavy atom. The van der Waals surface area contributed by atoms with Crippen LogP contribution in [0.2, 0.25) is 0 Å². The molecule has 4 aromatic heterocycles. The number of aliphatic hydroxyl groups excluding tert-OH is 2. The van der Waals surface area contributed by atoms with E-state index in [2.05, 4.69) is 30.6 Å². The molecule has 0 unspecified atom stereocenters. The van der Waals surface area contributed by atoms with Crippen LogP contribution in [0.3, 0.4) is 0 Å².